The summed E-state index contributed by atoms with van der Waals surface area (Å²) in [5.74, 6) is 0.428. The minimum absolute atomic E-state index is 0.428. The highest BCUT2D eigenvalue weighted by Gasteiger charge is 2.00. The molecule has 0 unspecified atom stereocenters. The third kappa shape index (κ3) is 3.13. The van der Waals surface area contributed by atoms with Crippen LogP contribution in [-0.2, 0) is 0 Å². The fraction of sp³-hybridized carbons (Fsp3) is 0.625. The van der Waals surface area contributed by atoms with E-state index in [0.29, 0.717) is 18.7 Å². The van der Waals surface area contributed by atoms with Crippen LogP contribution in [0.5, 0.6) is 0 Å². The average molecular weight is 140 g/mol. The van der Waals surface area contributed by atoms with Crippen molar-refractivity contribution in [3.63, 3.8) is 0 Å². The van der Waals surface area contributed by atoms with Crippen molar-refractivity contribution in [1.82, 2.24) is 0 Å². The van der Waals surface area contributed by atoms with Gasteiger partial charge in [-0.05, 0) is 18.9 Å². The van der Waals surface area contributed by atoms with Crippen LogP contribution < -0.4 is 0 Å². The summed E-state index contributed by atoms with van der Waals surface area (Å²) in [6.07, 6.45) is 1.45. The number of aliphatic hydroxyl groups is 1. The lowest BCUT2D eigenvalue weighted by atomic mass is 10.2. The Morgan fingerprint density at radius 2 is 2.20 bits per heavy atom. The lowest BCUT2D eigenvalue weighted by Gasteiger charge is -1.97. The highest BCUT2D eigenvalue weighted by Crippen LogP contribution is 2.07. The lowest BCUT2D eigenvalue weighted by molar-refractivity contribution is 0.384. The molecule has 0 aromatic carbocycles. The van der Waals surface area contributed by atoms with Crippen molar-refractivity contribution in [2.24, 2.45) is 0 Å². The normalized spacial score (nSPS) is 12.1. The molecule has 0 saturated carbocycles. The Morgan fingerprint density at radius 3 is 2.60 bits per heavy atom. The predicted octanol–water partition coefficient (Wildman–Crippen LogP) is 2.58. The number of rotatable bonds is 3. The van der Waals surface area contributed by atoms with E-state index in [2.05, 4.69) is 4.85 Å². The molecule has 2 heteroatoms. The second-order valence-electron chi connectivity index (χ2n) is 2.24. The second-order valence-corrected chi connectivity index (χ2v) is 2.24. The van der Waals surface area contributed by atoms with Crippen molar-refractivity contribution in [2.45, 2.75) is 26.7 Å². The van der Waals surface area contributed by atoms with Gasteiger partial charge < -0.3 is 5.11 Å². The van der Waals surface area contributed by atoms with Crippen LogP contribution in [0.15, 0.2) is 11.3 Å². The van der Waals surface area contributed by atoms with Gasteiger partial charge in [-0.1, -0.05) is 11.8 Å². The maximum absolute atomic E-state index is 9.21. The van der Waals surface area contributed by atoms with Gasteiger partial charge >= 0.3 is 0 Å². The molecule has 0 aromatic heterocycles. The molecule has 0 aromatic rings. The van der Waals surface area contributed by atoms with Crippen LogP contribution in [0.1, 0.15) is 26.7 Å². The predicted molar refractivity (Wildman–Crippen MR) is 43.4 cm³/mol. The van der Waals surface area contributed by atoms with E-state index in [1.54, 1.807) is 0 Å². The Morgan fingerprint density at radius 1 is 1.60 bits per heavy atom. The van der Waals surface area contributed by atoms with Gasteiger partial charge in [0.1, 0.15) is 0 Å². The van der Waals surface area contributed by atoms with Crippen molar-refractivity contribution in [2.75, 3.05) is 6.54 Å². The summed E-state index contributed by atoms with van der Waals surface area (Å²) >= 11 is 0. The summed E-state index contributed by atoms with van der Waals surface area (Å²) in [4.78, 5) is 3.40. The van der Waals surface area contributed by atoms with E-state index in [1.807, 2.05) is 13.8 Å². The maximum atomic E-state index is 9.21. The monoisotopic (exact) mass is 140 g/mol. The molecule has 0 aliphatic carbocycles. The average Bonchev–Trinajstić information content (AvgIpc) is 1.98. The van der Waals surface area contributed by atoms with Crippen LogP contribution in [0.4, 0.5) is 0 Å². The Bertz CT molecular complexity index is 165. The molecule has 0 amide bonds. The summed E-state index contributed by atoms with van der Waals surface area (Å²) in [7, 11) is 0. The highest BCUT2D eigenvalue weighted by atomic mass is 16.3. The molecule has 0 spiro atoms. The van der Waals surface area contributed by atoms with Gasteiger partial charge in [-0.2, -0.15) is 0 Å². The van der Waals surface area contributed by atoms with Crippen LogP contribution in [0.2, 0.25) is 0 Å². The number of nitrogens with zero attached hydrogens (tertiary/aromatic N) is 1. The SMILES string of the molecule is C#[N+]CCC(O)=C(C)CC. The summed E-state index contributed by atoms with van der Waals surface area (Å²) in [6, 6.07) is 0. The number of aliphatic hydroxyl groups excluding tert-OH is 1. The van der Waals surface area contributed by atoms with Crippen LogP contribution in [-0.4, -0.2) is 11.7 Å². The zero-order valence-corrected chi connectivity index (χ0v) is 6.59. The van der Waals surface area contributed by atoms with E-state index < -0.39 is 0 Å². The molecule has 0 radical (unpaired) electrons. The number of hydrogen-bond donors (Lipinski definition) is 1. The smallest absolute Gasteiger partial charge is 0.270 e. The molecule has 0 aliphatic heterocycles. The van der Waals surface area contributed by atoms with E-state index in [4.69, 9.17) is 6.57 Å². The van der Waals surface area contributed by atoms with Crippen molar-refractivity contribution in [1.29, 1.82) is 0 Å². The molecule has 0 rings (SSSR count). The van der Waals surface area contributed by atoms with E-state index in [-0.39, 0.29) is 0 Å². The molecular formula is C8H14NO+. The number of allylic oxidation sites excluding steroid dienone is 1. The molecule has 1 N–H and O–H groups in total. The quantitative estimate of drug-likeness (QED) is 0.599. The van der Waals surface area contributed by atoms with Crippen LogP contribution >= 0.6 is 0 Å². The Labute approximate surface area is 62.0 Å². The van der Waals surface area contributed by atoms with Gasteiger partial charge in [0.25, 0.3) is 13.1 Å². The largest absolute Gasteiger partial charge is 0.512 e. The van der Waals surface area contributed by atoms with Gasteiger partial charge in [0.2, 0.25) is 0 Å². The molecule has 2 nitrogen and oxygen atoms in total. The first-order valence-electron chi connectivity index (χ1n) is 3.46. The molecule has 0 aliphatic rings. The fourth-order valence-corrected chi connectivity index (χ4v) is 0.588. The first-order chi connectivity index (χ1) is 4.72. The van der Waals surface area contributed by atoms with E-state index in [9.17, 15) is 5.11 Å². The highest BCUT2D eigenvalue weighted by molar-refractivity contribution is 5.04. The minimum atomic E-state index is 0.428. The fourth-order valence-electron chi connectivity index (χ4n) is 0.588. The van der Waals surface area contributed by atoms with Crippen LogP contribution in [0.3, 0.4) is 0 Å². The zero-order valence-electron chi connectivity index (χ0n) is 6.59. The summed E-state index contributed by atoms with van der Waals surface area (Å²) < 4.78 is 0. The second kappa shape index (κ2) is 4.87. The van der Waals surface area contributed by atoms with Crippen molar-refractivity contribution in [3.05, 3.63) is 16.2 Å². The van der Waals surface area contributed by atoms with Gasteiger partial charge in [0.05, 0.1) is 12.2 Å². The molecule has 0 atom stereocenters. The third-order valence-corrected chi connectivity index (χ3v) is 1.50. The van der Waals surface area contributed by atoms with Crippen LogP contribution in [0, 0.1) is 6.57 Å². The van der Waals surface area contributed by atoms with Crippen molar-refractivity contribution in [3.8, 4) is 6.57 Å². The summed E-state index contributed by atoms with van der Waals surface area (Å²) in [5.41, 5.74) is 1.02. The van der Waals surface area contributed by atoms with Crippen molar-refractivity contribution >= 4 is 0 Å². The summed E-state index contributed by atoms with van der Waals surface area (Å²) in [6.45, 7) is 9.33. The molecule has 56 valence electrons. The summed E-state index contributed by atoms with van der Waals surface area (Å²) in [5, 5.41) is 9.21. The Hall–Kier alpha value is -0.970. The molecule has 10 heavy (non-hydrogen) atoms. The van der Waals surface area contributed by atoms with Crippen molar-refractivity contribution < 1.29 is 5.11 Å². The van der Waals surface area contributed by atoms with E-state index >= 15 is 0 Å². The van der Waals surface area contributed by atoms with Crippen LogP contribution in [0.25, 0.3) is 4.85 Å². The minimum Gasteiger partial charge on any atom is -0.512 e. The van der Waals surface area contributed by atoms with Gasteiger partial charge in [0.15, 0.2) is 0 Å². The van der Waals surface area contributed by atoms with E-state index in [0.717, 1.165) is 12.0 Å². The zero-order chi connectivity index (χ0) is 7.98. The first-order valence-corrected chi connectivity index (χ1v) is 3.46. The van der Waals surface area contributed by atoms with Gasteiger partial charge in [-0.3, -0.25) is 0 Å². The Balaban J connectivity index is 3.82. The standard InChI is InChI=1S/C8H13NO/c1-4-7(2)8(10)5-6-9-3/h3H,4-6H2,1-2H3/p+1. The first kappa shape index (κ1) is 9.03. The van der Waals surface area contributed by atoms with Gasteiger partial charge in [-0.25, -0.2) is 0 Å². The molecule has 0 saturated heterocycles. The lowest BCUT2D eigenvalue weighted by Crippen LogP contribution is -1.88. The maximum Gasteiger partial charge on any atom is 0.270 e. The Kier molecular flexibility index (Phi) is 4.39. The molecular weight excluding hydrogens is 126 g/mol. The topological polar surface area (TPSA) is 24.6 Å². The molecule has 0 fully saturated rings. The van der Waals surface area contributed by atoms with E-state index in [1.165, 1.54) is 0 Å². The van der Waals surface area contributed by atoms with Gasteiger partial charge in [-0.15, -0.1) is 0 Å². The molecule has 0 heterocycles. The molecule has 0 bridgehead atoms. The number of hydrogen-bond acceptors (Lipinski definition) is 1. The third-order valence-electron chi connectivity index (χ3n) is 1.50. The van der Waals surface area contributed by atoms with Gasteiger partial charge in [0, 0.05) is 0 Å².